The summed E-state index contributed by atoms with van der Waals surface area (Å²) in [6.45, 7) is 5.15. The van der Waals surface area contributed by atoms with Crippen LogP contribution in [0, 0.1) is 0 Å². The SMILES string of the molecule is CC(C)Oc1ccc(C(=O)N2CCC(Oc3ccc(N(C)C)nn3)C2)cc1. The van der Waals surface area contributed by atoms with Crippen LogP contribution < -0.4 is 14.4 Å². The Balaban J connectivity index is 1.56. The van der Waals surface area contributed by atoms with E-state index in [1.165, 1.54) is 0 Å². The molecule has 1 saturated heterocycles. The molecule has 3 rings (SSSR count). The fourth-order valence-electron chi connectivity index (χ4n) is 2.92. The maximum Gasteiger partial charge on any atom is 0.253 e. The molecule has 0 saturated carbocycles. The Labute approximate surface area is 159 Å². The molecule has 2 aromatic rings. The van der Waals surface area contributed by atoms with Crippen LogP contribution in [0.25, 0.3) is 0 Å². The molecule has 0 bridgehead atoms. The van der Waals surface area contributed by atoms with Gasteiger partial charge in [0, 0.05) is 38.7 Å². The van der Waals surface area contributed by atoms with Crippen molar-refractivity contribution in [2.75, 3.05) is 32.1 Å². The van der Waals surface area contributed by atoms with E-state index in [0.29, 0.717) is 24.5 Å². The van der Waals surface area contributed by atoms with Crippen LogP contribution in [0.3, 0.4) is 0 Å². The smallest absolute Gasteiger partial charge is 0.253 e. The van der Waals surface area contributed by atoms with Gasteiger partial charge >= 0.3 is 0 Å². The van der Waals surface area contributed by atoms with E-state index < -0.39 is 0 Å². The highest BCUT2D eigenvalue weighted by molar-refractivity contribution is 5.94. The second-order valence-corrected chi connectivity index (χ2v) is 7.09. The molecule has 0 spiro atoms. The quantitative estimate of drug-likeness (QED) is 0.779. The number of ether oxygens (including phenoxy) is 2. The number of carbonyl (C=O) groups excluding carboxylic acids is 1. The third-order valence-electron chi connectivity index (χ3n) is 4.28. The number of likely N-dealkylation sites (tertiary alicyclic amines) is 1. The molecule has 1 atom stereocenters. The first-order valence-electron chi connectivity index (χ1n) is 9.16. The number of hydrogen-bond donors (Lipinski definition) is 0. The van der Waals surface area contributed by atoms with E-state index in [1.54, 1.807) is 18.2 Å². The van der Waals surface area contributed by atoms with Crippen molar-refractivity contribution in [3.8, 4) is 11.6 Å². The zero-order valence-electron chi connectivity index (χ0n) is 16.3. The van der Waals surface area contributed by atoms with Crippen molar-refractivity contribution in [2.24, 2.45) is 0 Å². The van der Waals surface area contributed by atoms with Gasteiger partial charge in [-0.2, -0.15) is 0 Å². The van der Waals surface area contributed by atoms with Crippen molar-refractivity contribution in [1.82, 2.24) is 15.1 Å². The lowest BCUT2D eigenvalue weighted by Crippen LogP contribution is -2.31. The van der Waals surface area contributed by atoms with Crippen molar-refractivity contribution in [3.63, 3.8) is 0 Å². The van der Waals surface area contributed by atoms with Gasteiger partial charge in [0.05, 0.1) is 12.6 Å². The molecule has 27 heavy (non-hydrogen) atoms. The lowest BCUT2D eigenvalue weighted by Gasteiger charge is -2.17. The van der Waals surface area contributed by atoms with Crippen molar-refractivity contribution in [3.05, 3.63) is 42.0 Å². The maximum atomic E-state index is 12.7. The topological polar surface area (TPSA) is 67.8 Å². The Morgan fingerprint density at radius 2 is 1.89 bits per heavy atom. The van der Waals surface area contributed by atoms with Gasteiger partial charge < -0.3 is 19.3 Å². The minimum atomic E-state index is -0.0722. The number of amides is 1. The van der Waals surface area contributed by atoms with Gasteiger partial charge in [0.1, 0.15) is 11.9 Å². The molecular weight excluding hydrogens is 344 g/mol. The van der Waals surface area contributed by atoms with Gasteiger partial charge in [-0.3, -0.25) is 4.79 Å². The van der Waals surface area contributed by atoms with Crippen molar-refractivity contribution in [1.29, 1.82) is 0 Å². The lowest BCUT2D eigenvalue weighted by atomic mass is 10.2. The molecule has 1 aromatic carbocycles. The van der Waals surface area contributed by atoms with Crippen LogP contribution in [0.4, 0.5) is 5.82 Å². The molecule has 0 radical (unpaired) electrons. The zero-order valence-corrected chi connectivity index (χ0v) is 16.3. The molecule has 1 aliphatic heterocycles. The van der Waals surface area contributed by atoms with Crippen molar-refractivity contribution >= 4 is 11.7 Å². The molecule has 1 fully saturated rings. The summed E-state index contributed by atoms with van der Waals surface area (Å²) in [6.07, 6.45) is 0.812. The average Bonchev–Trinajstić information content (AvgIpc) is 3.10. The molecule has 0 aliphatic carbocycles. The highest BCUT2D eigenvalue weighted by Crippen LogP contribution is 2.20. The van der Waals surface area contributed by atoms with E-state index in [2.05, 4.69) is 10.2 Å². The summed E-state index contributed by atoms with van der Waals surface area (Å²) in [5, 5.41) is 8.20. The fourth-order valence-corrected chi connectivity index (χ4v) is 2.92. The Hall–Kier alpha value is -2.83. The van der Waals surface area contributed by atoms with E-state index in [1.807, 2.05) is 55.9 Å². The van der Waals surface area contributed by atoms with Gasteiger partial charge in [0.2, 0.25) is 5.88 Å². The van der Waals surface area contributed by atoms with Gasteiger partial charge in [-0.15, -0.1) is 10.2 Å². The number of carbonyl (C=O) groups is 1. The van der Waals surface area contributed by atoms with E-state index in [-0.39, 0.29) is 18.1 Å². The summed E-state index contributed by atoms with van der Waals surface area (Å²) in [5.74, 6) is 2.03. The molecule has 1 aromatic heterocycles. The molecule has 2 heterocycles. The highest BCUT2D eigenvalue weighted by Gasteiger charge is 2.28. The summed E-state index contributed by atoms with van der Waals surface area (Å²) in [6, 6.07) is 10.9. The normalized spacial score (nSPS) is 16.5. The minimum Gasteiger partial charge on any atom is -0.491 e. The van der Waals surface area contributed by atoms with Crippen molar-refractivity contribution < 1.29 is 14.3 Å². The Morgan fingerprint density at radius 3 is 2.48 bits per heavy atom. The summed E-state index contributed by atoms with van der Waals surface area (Å²) in [7, 11) is 3.82. The first-order valence-corrected chi connectivity index (χ1v) is 9.16. The van der Waals surface area contributed by atoms with Gasteiger partial charge in [0.25, 0.3) is 5.91 Å². The summed E-state index contributed by atoms with van der Waals surface area (Å²) < 4.78 is 11.5. The van der Waals surface area contributed by atoms with Gasteiger partial charge in [0.15, 0.2) is 5.82 Å². The van der Waals surface area contributed by atoms with Crippen LogP contribution in [-0.2, 0) is 0 Å². The number of benzene rings is 1. The first kappa shape index (κ1) is 18.9. The third-order valence-corrected chi connectivity index (χ3v) is 4.28. The highest BCUT2D eigenvalue weighted by atomic mass is 16.5. The van der Waals surface area contributed by atoms with Gasteiger partial charge in [-0.1, -0.05) is 0 Å². The van der Waals surface area contributed by atoms with E-state index >= 15 is 0 Å². The third kappa shape index (κ3) is 4.87. The first-order chi connectivity index (χ1) is 12.9. The molecular formula is C20H26N4O3. The Kier molecular flexibility index (Phi) is 5.78. The Morgan fingerprint density at radius 1 is 1.15 bits per heavy atom. The number of anilines is 1. The molecule has 1 amide bonds. The summed E-state index contributed by atoms with van der Waals surface area (Å²) in [4.78, 5) is 16.4. The monoisotopic (exact) mass is 370 g/mol. The zero-order chi connectivity index (χ0) is 19.4. The Bertz CT molecular complexity index is 760. The van der Waals surface area contributed by atoms with E-state index in [4.69, 9.17) is 9.47 Å². The standard InChI is InChI=1S/C20H26N4O3/c1-14(2)26-16-7-5-15(6-8-16)20(25)24-12-11-17(13-24)27-19-10-9-18(21-22-19)23(3)4/h5-10,14,17H,11-13H2,1-4H3. The summed E-state index contributed by atoms with van der Waals surface area (Å²) >= 11 is 0. The van der Waals surface area contributed by atoms with E-state index in [9.17, 15) is 4.79 Å². The molecule has 0 N–H and O–H groups in total. The number of hydrogen-bond acceptors (Lipinski definition) is 6. The maximum absolute atomic E-state index is 12.7. The molecule has 144 valence electrons. The lowest BCUT2D eigenvalue weighted by molar-refractivity contribution is 0.0771. The fraction of sp³-hybridized carbons (Fsp3) is 0.450. The number of aromatic nitrogens is 2. The average molecular weight is 370 g/mol. The second-order valence-electron chi connectivity index (χ2n) is 7.09. The molecule has 1 aliphatic rings. The predicted molar refractivity (Wildman–Crippen MR) is 104 cm³/mol. The van der Waals surface area contributed by atoms with Crippen LogP contribution in [0.1, 0.15) is 30.6 Å². The molecule has 7 heteroatoms. The van der Waals surface area contributed by atoms with Crippen LogP contribution in [0.15, 0.2) is 36.4 Å². The van der Waals surface area contributed by atoms with E-state index in [0.717, 1.165) is 18.0 Å². The van der Waals surface area contributed by atoms with Crippen LogP contribution >= 0.6 is 0 Å². The van der Waals surface area contributed by atoms with Gasteiger partial charge in [-0.25, -0.2) is 0 Å². The number of rotatable bonds is 6. The van der Waals surface area contributed by atoms with Gasteiger partial charge in [-0.05, 0) is 44.2 Å². The second kappa shape index (κ2) is 8.24. The summed E-state index contributed by atoms with van der Waals surface area (Å²) in [5.41, 5.74) is 0.655. The largest absolute Gasteiger partial charge is 0.491 e. The van der Waals surface area contributed by atoms with Crippen LogP contribution in [-0.4, -0.2) is 60.4 Å². The number of nitrogens with zero attached hydrogens (tertiary/aromatic N) is 4. The molecule has 1 unspecified atom stereocenters. The molecule has 7 nitrogen and oxygen atoms in total. The van der Waals surface area contributed by atoms with Crippen molar-refractivity contribution in [2.45, 2.75) is 32.5 Å². The predicted octanol–water partition coefficient (Wildman–Crippen LogP) is 2.62. The minimum absolute atomic E-state index is 0.00577. The van der Waals surface area contributed by atoms with Crippen LogP contribution in [0.5, 0.6) is 11.6 Å². The van der Waals surface area contributed by atoms with Crippen LogP contribution in [0.2, 0.25) is 0 Å².